The number of halogens is 1. The van der Waals surface area contributed by atoms with Crippen LogP contribution in [0.2, 0.25) is 0 Å². The highest BCUT2D eigenvalue weighted by Gasteiger charge is 2.43. The second-order valence-corrected chi connectivity index (χ2v) is 6.94. The number of hydrogen-bond acceptors (Lipinski definition) is 3. The number of rotatable bonds is 2. The molecule has 24 heavy (non-hydrogen) atoms. The molecule has 3 aliphatic heterocycles. The molecule has 130 valence electrons. The van der Waals surface area contributed by atoms with Crippen LogP contribution in [0, 0.1) is 11.8 Å². The van der Waals surface area contributed by atoms with Crippen LogP contribution in [0.4, 0.5) is 0 Å². The molecule has 3 heterocycles. The molecule has 3 saturated heterocycles. The number of nitrogens with zero attached hydrogens (tertiary/aromatic N) is 2. The largest absolute Gasteiger partial charge is 0.340 e. The Balaban J connectivity index is 0.00000169. The highest BCUT2D eigenvalue weighted by atomic mass is 35.5. The molecule has 2 amide bonds. The number of nitrogens with one attached hydrogen (secondary N) is 1. The predicted molar refractivity (Wildman–Crippen MR) is 94.2 cm³/mol. The van der Waals surface area contributed by atoms with Gasteiger partial charge >= 0.3 is 0 Å². The third kappa shape index (κ3) is 3.03. The van der Waals surface area contributed by atoms with E-state index >= 15 is 0 Å². The summed E-state index contributed by atoms with van der Waals surface area (Å²) in [6.45, 7) is 4.42. The number of fused-ring (bicyclic) bond motifs is 1. The fraction of sp³-hybridized carbons (Fsp3) is 0.556. The van der Waals surface area contributed by atoms with Gasteiger partial charge in [0.2, 0.25) is 5.91 Å². The van der Waals surface area contributed by atoms with Crippen molar-refractivity contribution < 1.29 is 9.59 Å². The zero-order valence-corrected chi connectivity index (χ0v) is 14.5. The van der Waals surface area contributed by atoms with Crippen LogP contribution in [0.3, 0.4) is 0 Å². The summed E-state index contributed by atoms with van der Waals surface area (Å²) >= 11 is 0. The standard InChI is InChI=1S/C18H23N3O2.ClH/c22-17(13-5-2-1-3-6-13)21-8-4-7-16(21)18(23)20-11-14-9-19-10-15(14)12-20;/h1-3,5-6,14-16,19H,4,7-12H2;1H/t14-,15+,16?;. The van der Waals surface area contributed by atoms with Crippen LogP contribution in [-0.2, 0) is 4.79 Å². The van der Waals surface area contributed by atoms with Crippen molar-refractivity contribution in [3.8, 4) is 0 Å². The normalized spacial score (nSPS) is 28.6. The quantitative estimate of drug-likeness (QED) is 0.878. The summed E-state index contributed by atoms with van der Waals surface area (Å²) < 4.78 is 0. The first-order valence-corrected chi connectivity index (χ1v) is 8.59. The van der Waals surface area contributed by atoms with E-state index < -0.39 is 0 Å². The molecule has 0 bridgehead atoms. The van der Waals surface area contributed by atoms with Gasteiger partial charge in [0, 0.05) is 38.3 Å². The number of carbonyl (C=O) groups is 2. The van der Waals surface area contributed by atoms with E-state index in [-0.39, 0.29) is 30.3 Å². The molecule has 0 spiro atoms. The van der Waals surface area contributed by atoms with Gasteiger partial charge in [-0.25, -0.2) is 0 Å². The van der Waals surface area contributed by atoms with Gasteiger partial charge in [-0.3, -0.25) is 9.59 Å². The molecule has 6 heteroatoms. The van der Waals surface area contributed by atoms with Gasteiger partial charge in [0.15, 0.2) is 0 Å². The number of amides is 2. The SMILES string of the molecule is Cl.O=C(C1CCCN1C(=O)c1ccccc1)N1C[C@H]2CNC[C@H]2C1. The van der Waals surface area contributed by atoms with E-state index in [4.69, 9.17) is 0 Å². The highest BCUT2D eigenvalue weighted by molar-refractivity contribution is 5.98. The van der Waals surface area contributed by atoms with E-state index in [1.807, 2.05) is 35.2 Å². The van der Waals surface area contributed by atoms with Gasteiger partial charge in [0.05, 0.1) is 0 Å². The minimum atomic E-state index is -0.269. The minimum absolute atomic E-state index is 0. The van der Waals surface area contributed by atoms with Gasteiger partial charge in [-0.1, -0.05) is 18.2 Å². The number of hydrogen-bond donors (Lipinski definition) is 1. The third-order valence-corrected chi connectivity index (χ3v) is 5.52. The van der Waals surface area contributed by atoms with Crippen molar-refractivity contribution >= 4 is 24.2 Å². The molecule has 0 aromatic heterocycles. The maximum absolute atomic E-state index is 12.9. The fourth-order valence-corrected chi connectivity index (χ4v) is 4.26. The van der Waals surface area contributed by atoms with Crippen LogP contribution in [0.1, 0.15) is 23.2 Å². The van der Waals surface area contributed by atoms with Crippen LogP contribution in [0.15, 0.2) is 30.3 Å². The lowest BCUT2D eigenvalue weighted by Crippen LogP contribution is -2.47. The lowest BCUT2D eigenvalue weighted by molar-refractivity contribution is -0.134. The van der Waals surface area contributed by atoms with Crippen molar-refractivity contribution in [1.29, 1.82) is 0 Å². The zero-order valence-electron chi connectivity index (χ0n) is 13.7. The van der Waals surface area contributed by atoms with Crippen LogP contribution in [0.5, 0.6) is 0 Å². The molecule has 0 aliphatic carbocycles. The van der Waals surface area contributed by atoms with Gasteiger partial charge in [-0.15, -0.1) is 12.4 Å². The molecule has 4 rings (SSSR count). The maximum atomic E-state index is 12.9. The highest BCUT2D eigenvalue weighted by Crippen LogP contribution is 2.29. The summed E-state index contributed by atoms with van der Waals surface area (Å²) in [6.07, 6.45) is 1.71. The number of benzene rings is 1. The average molecular weight is 350 g/mol. The van der Waals surface area contributed by atoms with E-state index in [2.05, 4.69) is 5.32 Å². The van der Waals surface area contributed by atoms with Gasteiger partial charge in [-0.2, -0.15) is 0 Å². The molecule has 1 N–H and O–H groups in total. The second-order valence-electron chi connectivity index (χ2n) is 6.94. The molecule has 3 fully saturated rings. The summed E-state index contributed by atoms with van der Waals surface area (Å²) in [7, 11) is 0. The van der Waals surface area contributed by atoms with E-state index in [9.17, 15) is 9.59 Å². The van der Waals surface area contributed by atoms with Crippen molar-refractivity contribution in [2.75, 3.05) is 32.7 Å². The van der Waals surface area contributed by atoms with E-state index in [0.717, 1.165) is 39.0 Å². The molecular formula is C18H24ClN3O2. The Hall–Kier alpha value is -1.59. The molecule has 1 aromatic carbocycles. The second kappa shape index (κ2) is 7.11. The Bertz CT molecular complexity index is 598. The van der Waals surface area contributed by atoms with Gasteiger partial charge in [0.25, 0.3) is 5.91 Å². The van der Waals surface area contributed by atoms with Gasteiger partial charge in [0.1, 0.15) is 6.04 Å². The summed E-state index contributed by atoms with van der Waals surface area (Å²) in [5.74, 6) is 1.33. The van der Waals surface area contributed by atoms with Crippen molar-refractivity contribution in [3.63, 3.8) is 0 Å². The van der Waals surface area contributed by atoms with Crippen LogP contribution < -0.4 is 5.32 Å². The van der Waals surface area contributed by atoms with Crippen molar-refractivity contribution in [2.45, 2.75) is 18.9 Å². The van der Waals surface area contributed by atoms with Crippen LogP contribution in [0.25, 0.3) is 0 Å². The summed E-state index contributed by atoms with van der Waals surface area (Å²) in [5.41, 5.74) is 0.676. The Morgan fingerprint density at radius 3 is 2.38 bits per heavy atom. The number of likely N-dealkylation sites (tertiary alicyclic amines) is 2. The Morgan fingerprint density at radius 1 is 1.04 bits per heavy atom. The van der Waals surface area contributed by atoms with E-state index in [0.29, 0.717) is 23.9 Å². The molecule has 1 aromatic rings. The van der Waals surface area contributed by atoms with Crippen molar-refractivity contribution in [2.24, 2.45) is 11.8 Å². The van der Waals surface area contributed by atoms with E-state index in [1.165, 1.54) is 0 Å². The first-order chi connectivity index (χ1) is 11.2. The average Bonchev–Trinajstić information content (AvgIpc) is 3.29. The molecule has 0 saturated carbocycles. The summed E-state index contributed by atoms with van der Waals surface area (Å²) in [6, 6.07) is 9.03. The monoisotopic (exact) mass is 349 g/mol. The topological polar surface area (TPSA) is 52.7 Å². The minimum Gasteiger partial charge on any atom is -0.340 e. The third-order valence-electron chi connectivity index (χ3n) is 5.52. The molecular weight excluding hydrogens is 326 g/mol. The smallest absolute Gasteiger partial charge is 0.254 e. The Morgan fingerprint density at radius 2 is 1.71 bits per heavy atom. The summed E-state index contributed by atoms with van der Waals surface area (Å²) in [5, 5.41) is 3.40. The maximum Gasteiger partial charge on any atom is 0.254 e. The number of carbonyl (C=O) groups excluding carboxylic acids is 2. The molecule has 3 aliphatic rings. The first kappa shape index (κ1) is 17.2. The predicted octanol–water partition coefficient (Wildman–Crippen LogP) is 1.39. The lowest BCUT2D eigenvalue weighted by Gasteiger charge is -2.28. The lowest BCUT2D eigenvalue weighted by atomic mass is 10.0. The van der Waals surface area contributed by atoms with Crippen molar-refractivity contribution in [1.82, 2.24) is 15.1 Å². The zero-order chi connectivity index (χ0) is 15.8. The van der Waals surface area contributed by atoms with Crippen molar-refractivity contribution in [3.05, 3.63) is 35.9 Å². The molecule has 1 unspecified atom stereocenters. The van der Waals surface area contributed by atoms with Gasteiger partial charge in [-0.05, 0) is 36.8 Å². The first-order valence-electron chi connectivity index (χ1n) is 8.59. The van der Waals surface area contributed by atoms with Gasteiger partial charge < -0.3 is 15.1 Å². The van der Waals surface area contributed by atoms with Crippen LogP contribution >= 0.6 is 12.4 Å². The Kier molecular flexibility index (Phi) is 5.11. The molecule has 0 radical (unpaired) electrons. The molecule has 3 atom stereocenters. The Labute approximate surface area is 148 Å². The van der Waals surface area contributed by atoms with E-state index in [1.54, 1.807) is 4.90 Å². The fourth-order valence-electron chi connectivity index (χ4n) is 4.26. The van der Waals surface area contributed by atoms with Crippen LogP contribution in [-0.4, -0.2) is 60.4 Å². The summed E-state index contributed by atoms with van der Waals surface area (Å²) in [4.78, 5) is 29.4. The molecule has 5 nitrogen and oxygen atoms in total.